The highest BCUT2D eigenvalue weighted by molar-refractivity contribution is 7.20. The van der Waals surface area contributed by atoms with Crippen molar-refractivity contribution < 1.29 is 4.39 Å². The standard InChI is InChI=1S/C21H27FNP/c1-6-8-12-18(10-7-2)19(14-23-17(5)24)16(4)21-15(3)11-9-13-20(21)22/h7-13,23-24H,2,6,14H2,1,3-5H3/b12-8-,18-10+,19-16-. The Kier molecular flexibility index (Phi) is 8.60. The molecule has 0 unspecified atom stereocenters. The Morgan fingerprint density at radius 1 is 1.33 bits per heavy atom. The molecule has 1 nitrogen and oxygen atoms in total. The lowest BCUT2D eigenvalue weighted by molar-refractivity contribution is 0.622. The summed E-state index contributed by atoms with van der Waals surface area (Å²) < 4.78 is 14.4. The van der Waals surface area contributed by atoms with E-state index < -0.39 is 0 Å². The largest absolute Gasteiger partial charge is 0.285 e. The van der Waals surface area contributed by atoms with Gasteiger partial charge in [0, 0.05) is 17.5 Å². The second-order valence-corrected chi connectivity index (χ2v) is 6.43. The Bertz CT molecular complexity index is 676. The lowest BCUT2D eigenvalue weighted by Gasteiger charge is -2.17. The molecule has 1 aromatic rings. The summed E-state index contributed by atoms with van der Waals surface area (Å²) in [5.74, 6) is -0.193. The number of rotatable bonds is 8. The number of halogens is 1. The molecule has 0 radical (unpaired) electrons. The molecule has 0 aromatic heterocycles. The molecule has 24 heavy (non-hydrogen) atoms. The molecule has 1 rings (SSSR count). The fourth-order valence-electron chi connectivity index (χ4n) is 2.56. The molecule has 1 aromatic carbocycles. The van der Waals surface area contributed by atoms with E-state index in [1.54, 1.807) is 12.1 Å². The third kappa shape index (κ3) is 5.70. The van der Waals surface area contributed by atoms with Crippen LogP contribution in [0.2, 0.25) is 0 Å². The Balaban J connectivity index is 3.54. The van der Waals surface area contributed by atoms with Gasteiger partial charge in [-0.1, -0.05) is 49.9 Å². The minimum Gasteiger partial charge on any atom is -0.285 e. The van der Waals surface area contributed by atoms with Crippen molar-refractivity contribution in [2.45, 2.75) is 34.1 Å². The van der Waals surface area contributed by atoms with Crippen LogP contribution in [-0.2, 0) is 0 Å². The Morgan fingerprint density at radius 2 is 2.04 bits per heavy atom. The minimum atomic E-state index is -0.193. The zero-order chi connectivity index (χ0) is 18.1. The van der Waals surface area contributed by atoms with Crippen molar-refractivity contribution in [3.05, 3.63) is 77.2 Å². The first-order valence-corrected chi connectivity index (χ1v) is 8.66. The third-order valence-electron chi connectivity index (χ3n) is 3.76. The Morgan fingerprint density at radius 3 is 2.58 bits per heavy atom. The monoisotopic (exact) mass is 343 g/mol. The van der Waals surface area contributed by atoms with Crippen LogP contribution in [0.4, 0.5) is 4.39 Å². The average molecular weight is 343 g/mol. The zero-order valence-electron chi connectivity index (χ0n) is 15.0. The Labute approximate surface area is 147 Å². The summed E-state index contributed by atoms with van der Waals surface area (Å²) in [6.07, 6.45) is 8.84. The third-order valence-corrected chi connectivity index (χ3v) is 3.94. The quantitative estimate of drug-likeness (QED) is 0.460. The van der Waals surface area contributed by atoms with Crippen LogP contribution in [0.1, 0.15) is 38.3 Å². The van der Waals surface area contributed by atoms with E-state index in [9.17, 15) is 4.39 Å². The van der Waals surface area contributed by atoms with Gasteiger partial charge in [-0.05, 0) is 55.5 Å². The van der Waals surface area contributed by atoms with Gasteiger partial charge >= 0.3 is 0 Å². The van der Waals surface area contributed by atoms with E-state index in [1.165, 1.54) is 6.07 Å². The molecule has 0 aliphatic rings. The normalized spacial score (nSPS) is 13.1. The van der Waals surface area contributed by atoms with E-state index in [2.05, 4.69) is 39.8 Å². The first kappa shape index (κ1) is 20.3. The van der Waals surface area contributed by atoms with Gasteiger partial charge in [0.05, 0.1) is 0 Å². The van der Waals surface area contributed by atoms with Gasteiger partial charge in [0.25, 0.3) is 0 Å². The van der Waals surface area contributed by atoms with Crippen molar-refractivity contribution in [1.29, 1.82) is 0 Å². The van der Waals surface area contributed by atoms with Crippen LogP contribution in [0, 0.1) is 12.7 Å². The first-order chi connectivity index (χ1) is 11.4. The highest BCUT2D eigenvalue weighted by Gasteiger charge is 2.14. The number of nitrogens with one attached hydrogen (secondary N) is 1. The number of allylic oxidation sites excluding steroid dienone is 5. The molecule has 0 aliphatic heterocycles. The molecule has 0 spiro atoms. The smallest absolute Gasteiger partial charge is 0.130 e. The number of hydrogen-bond acceptors (Lipinski definition) is 0. The number of hydrogen-bond donors (Lipinski definition) is 1. The van der Waals surface area contributed by atoms with Crippen LogP contribution in [-0.4, -0.2) is 12.0 Å². The van der Waals surface area contributed by atoms with Gasteiger partial charge in [0.15, 0.2) is 0 Å². The summed E-state index contributed by atoms with van der Waals surface area (Å²) in [7, 11) is 3.48. The van der Waals surface area contributed by atoms with Crippen molar-refractivity contribution in [2.24, 2.45) is 0 Å². The Hall–Kier alpha value is -1.76. The van der Waals surface area contributed by atoms with Crippen LogP contribution < -0.4 is 5.32 Å². The molecule has 0 saturated carbocycles. The minimum absolute atomic E-state index is 0.193. The van der Waals surface area contributed by atoms with E-state index in [1.807, 2.05) is 32.9 Å². The summed E-state index contributed by atoms with van der Waals surface area (Å²) in [6, 6.07) is 5.19. The van der Waals surface area contributed by atoms with E-state index >= 15 is 0 Å². The van der Waals surface area contributed by atoms with Crippen molar-refractivity contribution in [2.75, 3.05) is 6.54 Å². The highest BCUT2D eigenvalue weighted by Crippen LogP contribution is 2.28. The van der Waals surface area contributed by atoms with Crippen molar-refractivity contribution in [3.63, 3.8) is 0 Å². The molecule has 0 atom stereocenters. The average Bonchev–Trinajstić information content (AvgIpc) is 2.52. The van der Waals surface area contributed by atoms with Crippen molar-refractivity contribution >= 4 is 19.9 Å². The maximum absolute atomic E-state index is 14.4. The summed E-state index contributed by atoms with van der Waals surface area (Å²) in [5, 5.41) is 3.29. The number of aryl methyl sites for hydroxylation is 1. The van der Waals surface area contributed by atoms with Crippen molar-refractivity contribution in [3.8, 4) is 0 Å². The molecular formula is C21H27FNP. The molecule has 1 N–H and O–H groups in total. The number of benzene rings is 1. The van der Waals surface area contributed by atoms with Gasteiger partial charge in [-0.25, -0.2) is 4.39 Å². The lowest BCUT2D eigenvalue weighted by atomic mass is 9.92. The van der Waals surface area contributed by atoms with Crippen LogP contribution in [0.3, 0.4) is 0 Å². The van der Waals surface area contributed by atoms with Crippen LogP contribution in [0.25, 0.3) is 5.57 Å². The van der Waals surface area contributed by atoms with E-state index in [-0.39, 0.29) is 5.82 Å². The molecule has 128 valence electrons. The molecule has 0 bridgehead atoms. The maximum atomic E-state index is 14.4. The van der Waals surface area contributed by atoms with Gasteiger partial charge in [-0.15, -0.1) is 8.86 Å². The maximum Gasteiger partial charge on any atom is 0.130 e. The van der Waals surface area contributed by atoms with Crippen LogP contribution in [0.15, 0.2) is 60.2 Å². The molecule has 0 heterocycles. The molecule has 0 saturated heterocycles. The SMILES string of the molecule is C=C/C=C(\C=C/CC)C(/CNC(C)=P)=C(/C)c1c(C)cccc1F. The van der Waals surface area contributed by atoms with Gasteiger partial charge in [0.1, 0.15) is 5.82 Å². The summed E-state index contributed by atoms with van der Waals surface area (Å²) >= 11 is 0. The fraction of sp³-hybridized carbons (Fsp3) is 0.286. The topological polar surface area (TPSA) is 12.0 Å². The molecule has 0 amide bonds. The highest BCUT2D eigenvalue weighted by atomic mass is 31.0. The molecule has 0 fully saturated rings. The van der Waals surface area contributed by atoms with Crippen molar-refractivity contribution in [1.82, 2.24) is 5.32 Å². The van der Waals surface area contributed by atoms with Crippen LogP contribution >= 0.6 is 8.86 Å². The summed E-state index contributed by atoms with van der Waals surface area (Å²) in [5.41, 5.74) is 5.54. The zero-order valence-corrected chi connectivity index (χ0v) is 16.0. The van der Waals surface area contributed by atoms with Gasteiger partial charge < -0.3 is 0 Å². The van der Waals surface area contributed by atoms with E-state index in [0.717, 1.165) is 34.1 Å². The predicted molar refractivity (Wildman–Crippen MR) is 108 cm³/mol. The second kappa shape index (κ2) is 10.2. The molecule has 0 aliphatic carbocycles. The molecule has 3 heteroatoms. The predicted octanol–water partition coefficient (Wildman–Crippen LogP) is 5.87. The first-order valence-electron chi connectivity index (χ1n) is 8.16. The summed E-state index contributed by atoms with van der Waals surface area (Å²) in [4.78, 5) is 0. The second-order valence-electron chi connectivity index (χ2n) is 5.68. The van der Waals surface area contributed by atoms with E-state index in [4.69, 9.17) is 0 Å². The van der Waals surface area contributed by atoms with Gasteiger partial charge in [-0.3, -0.25) is 5.32 Å². The summed E-state index contributed by atoms with van der Waals surface area (Å²) in [6.45, 7) is 12.4. The lowest BCUT2D eigenvalue weighted by Crippen LogP contribution is -2.22. The van der Waals surface area contributed by atoms with E-state index in [0.29, 0.717) is 12.1 Å². The molecular weight excluding hydrogens is 316 g/mol. The van der Waals surface area contributed by atoms with Gasteiger partial charge in [0.2, 0.25) is 0 Å². The fourth-order valence-corrected chi connectivity index (χ4v) is 2.65. The van der Waals surface area contributed by atoms with Gasteiger partial charge in [-0.2, -0.15) is 0 Å². The van der Waals surface area contributed by atoms with Crippen LogP contribution in [0.5, 0.6) is 0 Å².